The average molecular weight is 357 g/mol. The molecule has 0 saturated heterocycles. The normalized spacial score (nSPS) is 12.5. The highest BCUT2D eigenvalue weighted by molar-refractivity contribution is 7.86. The summed E-state index contributed by atoms with van der Waals surface area (Å²) in [6.07, 6.45) is 5.06. The van der Waals surface area contributed by atoms with Crippen LogP contribution in [0.4, 0.5) is 5.69 Å². The predicted octanol–water partition coefficient (Wildman–Crippen LogP) is 2.44. The maximum Gasteiger partial charge on any atom is 0.281 e. The van der Waals surface area contributed by atoms with Gasteiger partial charge in [-0.1, -0.05) is 30.3 Å². The van der Waals surface area contributed by atoms with Gasteiger partial charge in [0.25, 0.3) is 10.1 Å². The summed E-state index contributed by atoms with van der Waals surface area (Å²) in [5, 5.41) is 0.824. The molecular weight excluding hydrogens is 342 g/mol. The maximum atomic E-state index is 12.4. The van der Waals surface area contributed by atoms with Crippen molar-refractivity contribution in [2.24, 2.45) is 0 Å². The minimum Gasteiger partial charge on any atom is -0.325 e. The van der Waals surface area contributed by atoms with Crippen LogP contribution in [-0.2, 0) is 14.9 Å². The molecule has 7 nitrogen and oxygen atoms in total. The van der Waals surface area contributed by atoms with Gasteiger partial charge in [-0.25, -0.2) is 4.98 Å². The number of carbonyl (C=O) groups excluding carboxylic acids is 1. The first-order valence-corrected chi connectivity index (χ1v) is 8.86. The van der Waals surface area contributed by atoms with Crippen LogP contribution < -0.4 is 5.32 Å². The van der Waals surface area contributed by atoms with Crippen LogP contribution in [0.5, 0.6) is 0 Å². The molecular formula is C17H15N3O4S. The summed E-state index contributed by atoms with van der Waals surface area (Å²) < 4.78 is 34.6. The van der Waals surface area contributed by atoms with Crippen LogP contribution in [0.1, 0.15) is 10.8 Å². The molecule has 1 aromatic heterocycles. The first-order chi connectivity index (χ1) is 11.9. The summed E-state index contributed by atoms with van der Waals surface area (Å²) in [4.78, 5) is 16.4. The van der Waals surface area contributed by atoms with E-state index in [2.05, 4.69) is 10.3 Å². The Morgan fingerprint density at radius 3 is 2.32 bits per heavy atom. The molecule has 2 N–H and O–H groups in total. The Morgan fingerprint density at radius 2 is 1.76 bits per heavy atom. The van der Waals surface area contributed by atoms with Gasteiger partial charge >= 0.3 is 0 Å². The van der Waals surface area contributed by atoms with Crippen molar-refractivity contribution in [2.45, 2.75) is 5.25 Å². The van der Waals surface area contributed by atoms with E-state index in [1.807, 2.05) is 0 Å². The largest absolute Gasteiger partial charge is 0.325 e. The summed E-state index contributed by atoms with van der Waals surface area (Å²) in [6.45, 7) is 0. The van der Waals surface area contributed by atoms with E-state index in [4.69, 9.17) is 0 Å². The van der Waals surface area contributed by atoms with Crippen LogP contribution in [0.2, 0.25) is 0 Å². The zero-order valence-corrected chi connectivity index (χ0v) is 13.8. The number of nitrogens with one attached hydrogen (secondary N) is 1. The Hall–Kier alpha value is -2.97. The van der Waals surface area contributed by atoms with E-state index in [1.165, 1.54) is 12.1 Å². The van der Waals surface area contributed by atoms with Gasteiger partial charge in [0.05, 0.1) is 6.33 Å². The van der Waals surface area contributed by atoms with Crippen molar-refractivity contribution in [1.29, 1.82) is 0 Å². The number of imidazole rings is 1. The number of hydrogen-bond donors (Lipinski definition) is 2. The van der Waals surface area contributed by atoms with Gasteiger partial charge in [0.1, 0.15) is 0 Å². The van der Waals surface area contributed by atoms with Crippen LogP contribution in [0, 0.1) is 0 Å². The molecule has 0 aliphatic rings. The molecule has 1 amide bonds. The molecule has 1 heterocycles. The summed E-state index contributed by atoms with van der Waals surface area (Å²) in [5.74, 6) is -0.830. The van der Waals surface area contributed by atoms with Crippen molar-refractivity contribution in [2.75, 3.05) is 5.32 Å². The quantitative estimate of drug-likeness (QED) is 0.683. The molecule has 3 rings (SSSR count). The number of benzene rings is 2. The Morgan fingerprint density at radius 1 is 1.08 bits per heavy atom. The fourth-order valence-corrected chi connectivity index (χ4v) is 3.25. The van der Waals surface area contributed by atoms with Crippen molar-refractivity contribution < 1.29 is 17.8 Å². The van der Waals surface area contributed by atoms with Crippen molar-refractivity contribution >= 4 is 21.7 Å². The first kappa shape index (κ1) is 16.9. The van der Waals surface area contributed by atoms with Gasteiger partial charge in [0, 0.05) is 23.8 Å². The van der Waals surface area contributed by atoms with Gasteiger partial charge in [0.2, 0.25) is 5.91 Å². The molecule has 0 bridgehead atoms. The minimum absolute atomic E-state index is 0.192. The molecule has 2 aromatic carbocycles. The number of aromatic nitrogens is 2. The van der Waals surface area contributed by atoms with Crippen molar-refractivity contribution in [1.82, 2.24) is 9.55 Å². The standard InChI is InChI=1S/C17H15N3O4S/c21-17(16(25(22,23)24)13-4-2-1-3-5-13)19-14-6-8-15(9-7-14)20-11-10-18-12-20/h1-12,16H,(H,19,21)(H,22,23,24). The molecule has 128 valence electrons. The number of anilines is 1. The smallest absolute Gasteiger partial charge is 0.281 e. The molecule has 0 spiro atoms. The van der Waals surface area contributed by atoms with E-state index in [0.717, 1.165) is 5.69 Å². The number of rotatable bonds is 5. The fraction of sp³-hybridized carbons (Fsp3) is 0.0588. The molecule has 0 aliphatic carbocycles. The highest BCUT2D eigenvalue weighted by atomic mass is 32.2. The molecule has 3 aromatic rings. The van der Waals surface area contributed by atoms with Gasteiger partial charge in [-0.3, -0.25) is 9.35 Å². The maximum absolute atomic E-state index is 12.4. The van der Waals surface area contributed by atoms with Crippen LogP contribution >= 0.6 is 0 Å². The van der Waals surface area contributed by atoms with Gasteiger partial charge in [0.15, 0.2) is 5.25 Å². The third-order valence-electron chi connectivity index (χ3n) is 3.58. The monoisotopic (exact) mass is 357 g/mol. The second-order valence-electron chi connectivity index (χ2n) is 5.31. The first-order valence-electron chi connectivity index (χ1n) is 7.35. The third-order valence-corrected chi connectivity index (χ3v) is 4.66. The van der Waals surface area contributed by atoms with Crippen LogP contribution in [-0.4, -0.2) is 28.4 Å². The zero-order valence-electron chi connectivity index (χ0n) is 13.0. The van der Waals surface area contributed by atoms with E-state index >= 15 is 0 Å². The van der Waals surface area contributed by atoms with E-state index in [1.54, 1.807) is 65.8 Å². The van der Waals surface area contributed by atoms with Crippen molar-refractivity contribution in [3.63, 3.8) is 0 Å². The molecule has 0 saturated carbocycles. The SMILES string of the molecule is O=C(Nc1ccc(-n2ccnc2)cc1)C(c1ccccc1)S(=O)(=O)O. The highest BCUT2D eigenvalue weighted by Gasteiger charge is 2.32. The van der Waals surface area contributed by atoms with E-state index in [0.29, 0.717) is 5.69 Å². The van der Waals surface area contributed by atoms with Gasteiger partial charge in [-0.2, -0.15) is 8.42 Å². The number of hydrogen-bond acceptors (Lipinski definition) is 4. The lowest BCUT2D eigenvalue weighted by Gasteiger charge is -2.14. The van der Waals surface area contributed by atoms with E-state index < -0.39 is 21.3 Å². The van der Waals surface area contributed by atoms with Crippen LogP contribution in [0.25, 0.3) is 5.69 Å². The van der Waals surface area contributed by atoms with E-state index in [-0.39, 0.29) is 5.56 Å². The van der Waals surface area contributed by atoms with Gasteiger partial charge in [-0.15, -0.1) is 0 Å². The number of nitrogens with zero attached hydrogens (tertiary/aromatic N) is 2. The third kappa shape index (κ3) is 3.93. The Labute approximate surface area is 144 Å². The zero-order chi connectivity index (χ0) is 17.9. The lowest BCUT2D eigenvalue weighted by atomic mass is 10.1. The molecule has 1 atom stereocenters. The molecule has 1 unspecified atom stereocenters. The lowest BCUT2D eigenvalue weighted by Crippen LogP contribution is -2.27. The summed E-state index contributed by atoms with van der Waals surface area (Å²) in [7, 11) is -4.61. The molecule has 0 aliphatic heterocycles. The minimum atomic E-state index is -4.61. The highest BCUT2D eigenvalue weighted by Crippen LogP contribution is 2.24. The van der Waals surface area contributed by atoms with Crippen molar-refractivity contribution in [3.8, 4) is 5.69 Å². The number of amides is 1. The fourth-order valence-electron chi connectivity index (χ4n) is 2.42. The topological polar surface area (TPSA) is 101 Å². The van der Waals surface area contributed by atoms with Crippen LogP contribution in [0.15, 0.2) is 73.3 Å². The Balaban J connectivity index is 1.82. The summed E-state index contributed by atoms with van der Waals surface area (Å²) >= 11 is 0. The average Bonchev–Trinajstić information content (AvgIpc) is 3.10. The van der Waals surface area contributed by atoms with Crippen LogP contribution in [0.3, 0.4) is 0 Å². The van der Waals surface area contributed by atoms with Crippen molar-refractivity contribution in [3.05, 3.63) is 78.9 Å². The van der Waals surface area contributed by atoms with Gasteiger partial charge < -0.3 is 9.88 Å². The predicted molar refractivity (Wildman–Crippen MR) is 92.9 cm³/mol. The lowest BCUT2D eigenvalue weighted by molar-refractivity contribution is -0.116. The van der Waals surface area contributed by atoms with E-state index in [9.17, 15) is 17.8 Å². The molecule has 8 heteroatoms. The molecule has 0 fully saturated rings. The molecule has 0 radical (unpaired) electrons. The summed E-state index contributed by atoms with van der Waals surface area (Å²) in [6, 6.07) is 14.6. The second kappa shape index (κ2) is 6.88. The summed E-state index contributed by atoms with van der Waals surface area (Å²) in [5.41, 5.74) is 1.45. The Kier molecular flexibility index (Phi) is 4.64. The van der Waals surface area contributed by atoms with Gasteiger partial charge in [-0.05, 0) is 29.8 Å². The Bertz CT molecular complexity index is 953. The second-order valence-corrected chi connectivity index (χ2v) is 6.81. The number of carbonyl (C=O) groups is 1. The molecule has 25 heavy (non-hydrogen) atoms.